The molecule has 1 aromatic rings. The molecule has 18 heavy (non-hydrogen) atoms. The Balaban J connectivity index is 2.71. The third-order valence-electron chi connectivity index (χ3n) is 3.29. The van der Waals surface area contributed by atoms with Crippen molar-refractivity contribution in [1.29, 1.82) is 0 Å². The first kappa shape index (κ1) is 15.0. The van der Waals surface area contributed by atoms with Crippen LogP contribution in [-0.4, -0.2) is 43.5 Å². The molecule has 0 heterocycles. The third-order valence-corrected chi connectivity index (χ3v) is 3.29. The van der Waals surface area contributed by atoms with Crippen LogP contribution in [0.25, 0.3) is 0 Å². The van der Waals surface area contributed by atoms with Crippen LogP contribution in [0.3, 0.4) is 0 Å². The average Bonchev–Trinajstić information content (AvgIpc) is 2.33. The average molecular weight is 249 g/mol. The van der Waals surface area contributed by atoms with E-state index < -0.39 is 0 Å². The van der Waals surface area contributed by atoms with Gasteiger partial charge in [-0.2, -0.15) is 0 Å². The predicted molar refractivity (Wildman–Crippen MR) is 79.7 cm³/mol. The summed E-state index contributed by atoms with van der Waals surface area (Å²) in [6.45, 7) is 7.81. The van der Waals surface area contributed by atoms with Crippen molar-refractivity contribution < 1.29 is 0 Å². The highest BCUT2D eigenvalue weighted by atomic mass is 15.2. The molecule has 1 unspecified atom stereocenters. The minimum Gasteiger partial charge on any atom is -0.399 e. The van der Waals surface area contributed by atoms with Crippen molar-refractivity contribution >= 4 is 5.69 Å². The Hall–Kier alpha value is -1.06. The first-order valence-electron chi connectivity index (χ1n) is 6.78. The van der Waals surface area contributed by atoms with E-state index in [0.29, 0.717) is 6.04 Å². The minimum absolute atomic E-state index is 0.424. The van der Waals surface area contributed by atoms with E-state index in [-0.39, 0.29) is 0 Å². The first-order chi connectivity index (χ1) is 8.54. The van der Waals surface area contributed by atoms with Crippen LogP contribution in [0.2, 0.25) is 0 Å². The van der Waals surface area contributed by atoms with Gasteiger partial charge < -0.3 is 10.6 Å². The van der Waals surface area contributed by atoms with Crippen LogP contribution in [0, 0.1) is 0 Å². The van der Waals surface area contributed by atoms with Gasteiger partial charge in [0.1, 0.15) is 0 Å². The van der Waals surface area contributed by atoms with Gasteiger partial charge in [-0.1, -0.05) is 19.1 Å². The zero-order chi connectivity index (χ0) is 13.5. The quantitative estimate of drug-likeness (QED) is 0.754. The van der Waals surface area contributed by atoms with Gasteiger partial charge >= 0.3 is 0 Å². The molecule has 0 saturated heterocycles. The summed E-state index contributed by atoms with van der Waals surface area (Å²) in [5.41, 5.74) is 8.02. The topological polar surface area (TPSA) is 32.5 Å². The molecule has 1 aromatic carbocycles. The van der Waals surface area contributed by atoms with Crippen LogP contribution >= 0.6 is 0 Å². The Kier molecular flexibility index (Phi) is 6.16. The fraction of sp³-hybridized carbons (Fsp3) is 0.600. The Morgan fingerprint density at radius 2 is 1.89 bits per heavy atom. The Labute approximate surface area is 112 Å². The number of nitrogen functional groups attached to an aromatic ring is 1. The summed E-state index contributed by atoms with van der Waals surface area (Å²) in [5, 5.41) is 0. The number of hydrogen-bond donors (Lipinski definition) is 1. The van der Waals surface area contributed by atoms with Crippen LogP contribution in [0.4, 0.5) is 5.69 Å². The number of nitrogens with zero attached hydrogens (tertiary/aromatic N) is 2. The number of benzene rings is 1. The largest absolute Gasteiger partial charge is 0.399 e. The van der Waals surface area contributed by atoms with Gasteiger partial charge in [0.2, 0.25) is 0 Å². The van der Waals surface area contributed by atoms with E-state index in [1.165, 1.54) is 12.0 Å². The molecular weight excluding hydrogens is 222 g/mol. The van der Waals surface area contributed by atoms with Gasteiger partial charge in [-0.15, -0.1) is 0 Å². The lowest BCUT2D eigenvalue weighted by Crippen LogP contribution is -2.34. The van der Waals surface area contributed by atoms with Crippen molar-refractivity contribution in [2.24, 2.45) is 0 Å². The molecule has 0 radical (unpaired) electrons. The summed E-state index contributed by atoms with van der Waals surface area (Å²) in [7, 11) is 4.24. The molecule has 3 heteroatoms. The molecule has 102 valence electrons. The molecule has 0 saturated carbocycles. The summed E-state index contributed by atoms with van der Waals surface area (Å²) >= 11 is 0. The van der Waals surface area contributed by atoms with E-state index in [4.69, 9.17) is 5.73 Å². The monoisotopic (exact) mass is 249 g/mol. The van der Waals surface area contributed by atoms with Crippen molar-refractivity contribution in [3.8, 4) is 0 Å². The SMILES string of the molecule is CCCN(CCN(C)C)C(C)c1cccc(N)c1. The normalized spacial score (nSPS) is 13.2. The summed E-state index contributed by atoms with van der Waals surface area (Å²) in [6.07, 6.45) is 1.18. The lowest BCUT2D eigenvalue weighted by atomic mass is 10.1. The second-order valence-corrected chi connectivity index (χ2v) is 5.19. The molecule has 1 atom stereocenters. The molecule has 1 rings (SSSR count). The maximum Gasteiger partial charge on any atom is 0.0321 e. The van der Waals surface area contributed by atoms with E-state index in [1.54, 1.807) is 0 Å². The van der Waals surface area contributed by atoms with Crippen LogP contribution in [0.1, 0.15) is 31.9 Å². The highest BCUT2D eigenvalue weighted by molar-refractivity contribution is 5.41. The van der Waals surface area contributed by atoms with Crippen LogP contribution < -0.4 is 5.73 Å². The highest BCUT2D eigenvalue weighted by Crippen LogP contribution is 2.21. The molecule has 0 bridgehead atoms. The predicted octanol–water partition coefficient (Wildman–Crippen LogP) is 2.60. The van der Waals surface area contributed by atoms with Crippen molar-refractivity contribution in [3.63, 3.8) is 0 Å². The molecule has 0 spiro atoms. The lowest BCUT2D eigenvalue weighted by molar-refractivity contribution is 0.190. The zero-order valence-electron chi connectivity index (χ0n) is 12.2. The third kappa shape index (κ3) is 4.67. The summed E-state index contributed by atoms with van der Waals surface area (Å²) < 4.78 is 0. The van der Waals surface area contributed by atoms with Gasteiger partial charge in [-0.3, -0.25) is 4.90 Å². The van der Waals surface area contributed by atoms with Gasteiger partial charge in [-0.25, -0.2) is 0 Å². The summed E-state index contributed by atoms with van der Waals surface area (Å²) in [5.74, 6) is 0. The van der Waals surface area contributed by atoms with E-state index in [1.807, 2.05) is 12.1 Å². The standard InChI is InChI=1S/C15H27N3/c1-5-9-18(11-10-17(3)4)13(2)14-7-6-8-15(16)12-14/h6-8,12-13H,5,9-11,16H2,1-4H3. The second-order valence-electron chi connectivity index (χ2n) is 5.19. The summed E-state index contributed by atoms with van der Waals surface area (Å²) in [4.78, 5) is 4.75. The molecule has 3 nitrogen and oxygen atoms in total. The van der Waals surface area contributed by atoms with Crippen molar-refractivity contribution in [1.82, 2.24) is 9.80 Å². The van der Waals surface area contributed by atoms with Crippen LogP contribution in [0.5, 0.6) is 0 Å². The maximum atomic E-state index is 5.87. The Bertz CT molecular complexity index is 349. The number of likely N-dealkylation sites (N-methyl/N-ethyl adjacent to an activating group) is 1. The molecule has 0 aliphatic heterocycles. The van der Waals surface area contributed by atoms with Gasteiger partial charge in [0, 0.05) is 24.8 Å². The second kappa shape index (κ2) is 7.39. The van der Waals surface area contributed by atoms with Crippen molar-refractivity contribution in [2.45, 2.75) is 26.3 Å². The molecular formula is C15H27N3. The highest BCUT2D eigenvalue weighted by Gasteiger charge is 2.15. The van der Waals surface area contributed by atoms with Gasteiger partial charge in [-0.05, 0) is 51.7 Å². The summed E-state index contributed by atoms with van der Waals surface area (Å²) in [6, 6.07) is 8.66. The smallest absolute Gasteiger partial charge is 0.0321 e. The number of nitrogens with two attached hydrogens (primary N) is 1. The molecule has 0 aliphatic rings. The Morgan fingerprint density at radius 1 is 1.17 bits per heavy atom. The first-order valence-corrected chi connectivity index (χ1v) is 6.78. The fourth-order valence-electron chi connectivity index (χ4n) is 2.14. The molecule has 0 aliphatic carbocycles. The van der Waals surface area contributed by atoms with E-state index in [0.717, 1.165) is 25.3 Å². The van der Waals surface area contributed by atoms with E-state index >= 15 is 0 Å². The maximum absolute atomic E-state index is 5.87. The lowest BCUT2D eigenvalue weighted by Gasteiger charge is -2.30. The van der Waals surface area contributed by atoms with Gasteiger partial charge in [0.15, 0.2) is 0 Å². The van der Waals surface area contributed by atoms with Crippen molar-refractivity contribution in [2.75, 3.05) is 39.5 Å². The number of anilines is 1. The van der Waals surface area contributed by atoms with Gasteiger partial charge in [0.05, 0.1) is 0 Å². The van der Waals surface area contributed by atoms with Crippen LogP contribution in [-0.2, 0) is 0 Å². The van der Waals surface area contributed by atoms with Crippen LogP contribution in [0.15, 0.2) is 24.3 Å². The minimum atomic E-state index is 0.424. The molecule has 0 amide bonds. The molecule has 2 N–H and O–H groups in total. The number of rotatable bonds is 7. The van der Waals surface area contributed by atoms with E-state index in [2.05, 4.69) is 49.9 Å². The Morgan fingerprint density at radius 3 is 2.44 bits per heavy atom. The van der Waals surface area contributed by atoms with Gasteiger partial charge in [0.25, 0.3) is 0 Å². The van der Waals surface area contributed by atoms with Crippen molar-refractivity contribution in [3.05, 3.63) is 29.8 Å². The fourth-order valence-corrected chi connectivity index (χ4v) is 2.14. The number of hydrogen-bond acceptors (Lipinski definition) is 3. The van der Waals surface area contributed by atoms with E-state index in [9.17, 15) is 0 Å². The zero-order valence-corrected chi connectivity index (χ0v) is 12.2. The molecule has 0 fully saturated rings. The molecule has 0 aromatic heterocycles.